The van der Waals surface area contributed by atoms with E-state index in [9.17, 15) is 14.4 Å². The summed E-state index contributed by atoms with van der Waals surface area (Å²) in [4.78, 5) is 39.6. The molecule has 1 aromatic heterocycles. The van der Waals surface area contributed by atoms with Crippen LogP contribution in [0.25, 0.3) is 0 Å². The van der Waals surface area contributed by atoms with Crippen LogP contribution in [0.3, 0.4) is 0 Å². The van der Waals surface area contributed by atoms with Gasteiger partial charge in [0.05, 0.1) is 13.2 Å². The highest BCUT2D eigenvalue weighted by Gasteiger charge is 2.32. The van der Waals surface area contributed by atoms with Crippen molar-refractivity contribution in [3.63, 3.8) is 0 Å². The highest BCUT2D eigenvalue weighted by molar-refractivity contribution is 6.06. The number of methoxy groups -OCH3 is 1. The Labute approximate surface area is 162 Å². The predicted molar refractivity (Wildman–Crippen MR) is 105 cm³/mol. The van der Waals surface area contributed by atoms with Crippen molar-refractivity contribution < 1.29 is 19.1 Å². The molecule has 7 nitrogen and oxygen atoms in total. The van der Waals surface area contributed by atoms with Gasteiger partial charge in [0, 0.05) is 30.4 Å². The van der Waals surface area contributed by atoms with E-state index < -0.39 is 12.0 Å². The van der Waals surface area contributed by atoms with Gasteiger partial charge in [0.1, 0.15) is 5.69 Å². The molecule has 1 N–H and O–H groups in total. The zero-order valence-electron chi connectivity index (χ0n) is 17.8. The first-order chi connectivity index (χ1) is 12.6. The molecule has 1 unspecified atom stereocenters. The molecular weight excluding hydrogens is 346 g/mol. The van der Waals surface area contributed by atoms with E-state index in [2.05, 4.69) is 5.32 Å². The van der Waals surface area contributed by atoms with Crippen molar-refractivity contribution in [2.45, 2.75) is 73.5 Å². The normalized spacial score (nSPS) is 12.0. The first-order valence-electron chi connectivity index (χ1n) is 9.51. The Balaban J connectivity index is 3.36. The van der Waals surface area contributed by atoms with E-state index in [1.165, 1.54) is 7.11 Å². The fourth-order valence-corrected chi connectivity index (χ4v) is 3.41. The third-order valence-corrected chi connectivity index (χ3v) is 4.69. The molecule has 0 aliphatic carbocycles. The second-order valence-electron chi connectivity index (χ2n) is 7.01. The van der Waals surface area contributed by atoms with Crippen molar-refractivity contribution in [3.8, 4) is 0 Å². The lowest BCUT2D eigenvalue weighted by atomic mass is 10.00. The van der Waals surface area contributed by atoms with Gasteiger partial charge in [-0.15, -0.1) is 0 Å². The number of ether oxygens (including phenoxy) is 1. The van der Waals surface area contributed by atoms with E-state index in [0.717, 1.165) is 6.42 Å². The first-order valence-corrected chi connectivity index (χ1v) is 9.51. The maximum Gasteiger partial charge on any atom is 0.354 e. The van der Waals surface area contributed by atoms with Crippen LogP contribution in [0.2, 0.25) is 0 Å². The molecule has 27 heavy (non-hydrogen) atoms. The van der Waals surface area contributed by atoms with Gasteiger partial charge in [-0.1, -0.05) is 6.92 Å². The van der Waals surface area contributed by atoms with Crippen molar-refractivity contribution in [2.75, 3.05) is 13.7 Å². The number of urea groups is 1. The number of esters is 1. The number of carbonyl (C=O) groups excluding carboxylic acids is 3. The minimum atomic E-state index is -0.640. The molecule has 0 radical (unpaired) electrons. The van der Waals surface area contributed by atoms with Gasteiger partial charge >= 0.3 is 12.0 Å². The molecule has 1 rings (SSSR count). The van der Waals surface area contributed by atoms with Gasteiger partial charge < -0.3 is 19.5 Å². The molecule has 2 amide bonds. The summed E-state index contributed by atoms with van der Waals surface area (Å²) in [6.07, 6.45) is 0.741. The van der Waals surface area contributed by atoms with Crippen LogP contribution in [0.15, 0.2) is 0 Å². The van der Waals surface area contributed by atoms with Gasteiger partial charge in [0.2, 0.25) is 0 Å². The topological polar surface area (TPSA) is 80.6 Å². The second-order valence-corrected chi connectivity index (χ2v) is 7.01. The van der Waals surface area contributed by atoms with E-state index >= 15 is 0 Å². The molecule has 0 saturated carbocycles. The summed E-state index contributed by atoms with van der Waals surface area (Å²) in [6.45, 7) is 14.0. The van der Waals surface area contributed by atoms with Crippen LogP contribution < -0.4 is 5.32 Å². The SMILES string of the molecule is CCCN(C(=O)NC(C)C)C(C)C(=O)c1c(C)c(C(=O)OC)n(CC)c1C. The Hall–Kier alpha value is -2.31. The summed E-state index contributed by atoms with van der Waals surface area (Å²) in [5.41, 5.74) is 2.19. The Bertz CT molecular complexity index is 707. The number of Topliss-reactive ketones (excluding diaryl/α,β-unsaturated/α-hetero) is 1. The number of nitrogens with zero attached hydrogens (tertiary/aromatic N) is 2. The van der Waals surface area contributed by atoms with Crippen molar-refractivity contribution in [1.82, 2.24) is 14.8 Å². The lowest BCUT2D eigenvalue weighted by Crippen LogP contribution is -2.50. The average molecular weight is 380 g/mol. The fraction of sp³-hybridized carbons (Fsp3) is 0.650. The number of rotatable bonds is 8. The van der Waals surface area contributed by atoms with Crippen LogP contribution in [-0.2, 0) is 11.3 Å². The van der Waals surface area contributed by atoms with E-state index in [0.29, 0.717) is 35.6 Å². The molecule has 1 atom stereocenters. The highest BCUT2D eigenvalue weighted by atomic mass is 16.5. The third kappa shape index (κ3) is 4.70. The third-order valence-electron chi connectivity index (χ3n) is 4.69. The van der Waals surface area contributed by atoms with Crippen LogP contribution in [0, 0.1) is 13.8 Å². The number of carbonyl (C=O) groups is 3. The van der Waals surface area contributed by atoms with Gasteiger partial charge in [-0.3, -0.25) is 4.79 Å². The fourth-order valence-electron chi connectivity index (χ4n) is 3.41. The molecule has 0 aliphatic rings. The Morgan fingerprint density at radius 2 is 1.74 bits per heavy atom. The second kappa shape index (κ2) is 9.58. The monoisotopic (exact) mass is 379 g/mol. The zero-order chi connectivity index (χ0) is 20.9. The Kier molecular flexibility index (Phi) is 8.06. The molecule has 0 saturated heterocycles. The lowest BCUT2D eigenvalue weighted by molar-refractivity contribution is 0.0587. The molecule has 0 spiro atoms. The van der Waals surface area contributed by atoms with Crippen LogP contribution in [0.4, 0.5) is 4.79 Å². The number of hydrogen-bond donors (Lipinski definition) is 1. The van der Waals surface area contributed by atoms with Gasteiger partial charge in [-0.05, 0) is 53.5 Å². The average Bonchev–Trinajstić information content (AvgIpc) is 2.86. The molecule has 0 bridgehead atoms. The quantitative estimate of drug-likeness (QED) is 0.555. The van der Waals surface area contributed by atoms with E-state index in [-0.39, 0.29) is 17.9 Å². The van der Waals surface area contributed by atoms with Crippen molar-refractivity contribution >= 4 is 17.8 Å². The van der Waals surface area contributed by atoms with Gasteiger partial charge in [-0.25, -0.2) is 9.59 Å². The summed E-state index contributed by atoms with van der Waals surface area (Å²) in [5, 5.41) is 2.85. The molecule has 1 aromatic rings. The maximum atomic E-state index is 13.3. The Morgan fingerprint density at radius 1 is 1.15 bits per heavy atom. The standard InChI is InChI=1S/C20H33N3O4/c1-9-11-23(20(26)21-12(3)4)15(7)18(24)16-13(5)17(19(25)27-8)22(10-2)14(16)6/h12,15H,9-11H2,1-8H3,(H,21,26). The maximum absolute atomic E-state index is 13.3. The van der Waals surface area contributed by atoms with Crippen molar-refractivity contribution in [1.29, 1.82) is 0 Å². The number of aromatic nitrogens is 1. The molecule has 0 aliphatic heterocycles. The minimum absolute atomic E-state index is 0.0188. The van der Waals surface area contributed by atoms with Crippen molar-refractivity contribution in [3.05, 3.63) is 22.5 Å². The minimum Gasteiger partial charge on any atom is -0.464 e. The highest BCUT2D eigenvalue weighted by Crippen LogP contribution is 2.25. The summed E-state index contributed by atoms with van der Waals surface area (Å²) in [7, 11) is 1.33. The van der Waals surface area contributed by atoms with Gasteiger partial charge in [0.25, 0.3) is 0 Å². The van der Waals surface area contributed by atoms with Crippen LogP contribution in [-0.4, -0.2) is 53.0 Å². The largest absolute Gasteiger partial charge is 0.464 e. The number of hydrogen-bond acceptors (Lipinski definition) is 4. The Morgan fingerprint density at radius 3 is 2.19 bits per heavy atom. The van der Waals surface area contributed by atoms with Gasteiger partial charge in [-0.2, -0.15) is 0 Å². The van der Waals surface area contributed by atoms with Crippen LogP contribution in [0.1, 0.15) is 73.1 Å². The molecule has 0 fully saturated rings. The van der Waals surface area contributed by atoms with Crippen LogP contribution in [0.5, 0.6) is 0 Å². The molecule has 1 heterocycles. The first kappa shape index (κ1) is 22.7. The lowest BCUT2D eigenvalue weighted by Gasteiger charge is -2.29. The summed E-state index contributed by atoms with van der Waals surface area (Å²) in [6, 6.07) is -0.917. The summed E-state index contributed by atoms with van der Waals surface area (Å²) >= 11 is 0. The molecule has 7 heteroatoms. The number of amides is 2. The van der Waals surface area contributed by atoms with E-state index in [1.54, 1.807) is 23.3 Å². The smallest absolute Gasteiger partial charge is 0.354 e. The molecule has 152 valence electrons. The summed E-state index contributed by atoms with van der Waals surface area (Å²) < 4.78 is 6.68. The van der Waals surface area contributed by atoms with E-state index in [1.807, 2.05) is 34.6 Å². The van der Waals surface area contributed by atoms with Crippen molar-refractivity contribution in [2.24, 2.45) is 0 Å². The zero-order valence-corrected chi connectivity index (χ0v) is 17.8. The molecular formula is C20H33N3O4. The van der Waals surface area contributed by atoms with Crippen LogP contribution >= 0.6 is 0 Å². The van der Waals surface area contributed by atoms with Gasteiger partial charge in [0.15, 0.2) is 5.78 Å². The van der Waals surface area contributed by atoms with E-state index in [4.69, 9.17) is 4.74 Å². The number of nitrogens with one attached hydrogen (secondary N) is 1. The predicted octanol–water partition coefficient (Wildman–Crippen LogP) is 3.31. The summed E-state index contributed by atoms with van der Waals surface area (Å²) in [5.74, 6) is -0.637. The number of ketones is 1. The molecule has 0 aromatic carbocycles.